The van der Waals surface area contributed by atoms with Crippen LogP contribution in [-0.2, 0) is 0 Å². The molecule has 1 aliphatic rings. The van der Waals surface area contributed by atoms with E-state index < -0.39 is 0 Å². The Labute approximate surface area is 113 Å². The maximum atomic E-state index is 12.3. The standard InChI is InChI=1S/C14H22N2O3/c1-3-12(17)10-15-5-7-16(8-6-15)14(18)13-4-9-19-11(13)2/h4,9,12,17H,3,5-8,10H2,1-2H3/t12-/m1/s1. The predicted molar refractivity (Wildman–Crippen MR) is 72.1 cm³/mol. The van der Waals surface area contributed by atoms with E-state index in [0.29, 0.717) is 31.0 Å². The van der Waals surface area contributed by atoms with Crippen molar-refractivity contribution in [1.82, 2.24) is 9.80 Å². The number of hydrogen-bond donors (Lipinski definition) is 1. The molecule has 2 rings (SSSR count). The van der Waals surface area contributed by atoms with E-state index in [-0.39, 0.29) is 12.0 Å². The van der Waals surface area contributed by atoms with E-state index in [0.717, 1.165) is 19.5 Å². The molecule has 5 heteroatoms. The summed E-state index contributed by atoms with van der Waals surface area (Å²) in [5, 5.41) is 9.64. The molecular formula is C14H22N2O3. The van der Waals surface area contributed by atoms with E-state index >= 15 is 0 Å². The number of piperazine rings is 1. The van der Waals surface area contributed by atoms with E-state index in [1.807, 2.05) is 11.8 Å². The quantitative estimate of drug-likeness (QED) is 0.887. The summed E-state index contributed by atoms with van der Waals surface area (Å²) in [5.41, 5.74) is 0.655. The molecule has 1 fully saturated rings. The molecule has 1 N–H and O–H groups in total. The van der Waals surface area contributed by atoms with Gasteiger partial charge in [-0.1, -0.05) is 6.92 Å². The molecule has 1 amide bonds. The molecule has 19 heavy (non-hydrogen) atoms. The first-order valence-electron chi connectivity index (χ1n) is 6.85. The minimum atomic E-state index is -0.265. The number of aliphatic hydroxyl groups excluding tert-OH is 1. The van der Waals surface area contributed by atoms with Gasteiger partial charge in [-0.3, -0.25) is 9.69 Å². The molecule has 0 bridgehead atoms. The van der Waals surface area contributed by atoms with Gasteiger partial charge in [-0.05, 0) is 19.4 Å². The second-order valence-corrected chi connectivity index (χ2v) is 5.05. The minimum Gasteiger partial charge on any atom is -0.469 e. The molecular weight excluding hydrogens is 244 g/mol. The largest absolute Gasteiger partial charge is 0.469 e. The Balaban J connectivity index is 1.86. The molecule has 1 aliphatic heterocycles. The van der Waals surface area contributed by atoms with Crippen LogP contribution in [0.15, 0.2) is 16.7 Å². The SMILES string of the molecule is CC[C@@H](O)CN1CCN(C(=O)c2ccoc2C)CC1. The van der Waals surface area contributed by atoms with Crippen LogP contribution in [0.4, 0.5) is 0 Å². The van der Waals surface area contributed by atoms with Crippen LogP contribution in [0.5, 0.6) is 0 Å². The maximum absolute atomic E-state index is 12.3. The third-order valence-corrected chi connectivity index (χ3v) is 3.69. The van der Waals surface area contributed by atoms with E-state index in [9.17, 15) is 9.90 Å². The Morgan fingerprint density at radius 1 is 1.42 bits per heavy atom. The van der Waals surface area contributed by atoms with Gasteiger partial charge in [-0.2, -0.15) is 0 Å². The lowest BCUT2D eigenvalue weighted by atomic mass is 10.2. The number of hydrogen-bond acceptors (Lipinski definition) is 4. The number of furan rings is 1. The molecule has 0 saturated carbocycles. The average Bonchev–Trinajstić information content (AvgIpc) is 2.85. The fraction of sp³-hybridized carbons (Fsp3) is 0.643. The van der Waals surface area contributed by atoms with E-state index in [1.165, 1.54) is 0 Å². The maximum Gasteiger partial charge on any atom is 0.257 e. The molecule has 1 aromatic heterocycles. The van der Waals surface area contributed by atoms with Gasteiger partial charge in [0, 0.05) is 32.7 Å². The lowest BCUT2D eigenvalue weighted by Crippen LogP contribution is -2.50. The highest BCUT2D eigenvalue weighted by molar-refractivity contribution is 5.95. The van der Waals surface area contributed by atoms with Crippen molar-refractivity contribution < 1.29 is 14.3 Å². The Bertz CT molecular complexity index is 422. The van der Waals surface area contributed by atoms with Crippen LogP contribution < -0.4 is 0 Å². The third kappa shape index (κ3) is 3.36. The molecule has 1 aromatic rings. The van der Waals surface area contributed by atoms with Crippen molar-refractivity contribution in [2.24, 2.45) is 0 Å². The normalized spacial score (nSPS) is 18.6. The zero-order valence-corrected chi connectivity index (χ0v) is 11.6. The number of rotatable bonds is 4. The minimum absolute atomic E-state index is 0.0435. The number of β-amino-alcohol motifs (C(OH)–C–C–N with tert-alkyl or cyclic N) is 1. The Hall–Kier alpha value is -1.33. The lowest BCUT2D eigenvalue weighted by molar-refractivity contribution is 0.0522. The topological polar surface area (TPSA) is 56.9 Å². The van der Waals surface area contributed by atoms with Crippen LogP contribution in [0.25, 0.3) is 0 Å². The van der Waals surface area contributed by atoms with Crippen molar-refractivity contribution in [1.29, 1.82) is 0 Å². The van der Waals surface area contributed by atoms with Gasteiger partial charge in [0.25, 0.3) is 5.91 Å². The first-order chi connectivity index (χ1) is 9.11. The van der Waals surface area contributed by atoms with Crippen molar-refractivity contribution in [2.75, 3.05) is 32.7 Å². The van der Waals surface area contributed by atoms with Crippen LogP contribution in [0.2, 0.25) is 0 Å². The number of nitrogens with zero attached hydrogens (tertiary/aromatic N) is 2. The van der Waals surface area contributed by atoms with Crippen molar-refractivity contribution in [3.8, 4) is 0 Å². The van der Waals surface area contributed by atoms with Gasteiger partial charge in [0.2, 0.25) is 0 Å². The number of carbonyl (C=O) groups excluding carboxylic acids is 1. The Morgan fingerprint density at radius 2 is 2.11 bits per heavy atom. The third-order valence-electron chi connectivity index (χ3n) is 3.69. The molecule has 0 aromatic carbocycles. The number of amides is 1. The van der Waals surface area contributed by atoms with Crippen molar-refractivity contribution >= 4 is 5.91 Å². The predicted octanol–water partition coefficient (Wildman–Crippen LogP) is 1.12. The molecule has 0 spiro atoms. The summed E-state index contributed by atoms with van der Waals surface area (Å²) in [7, 11) is 0. The van der Waals surface area contributed by atoms with Gasteiger partial charge in [-0.25, -0.2) is 0 Å². The molecule has 106 valence electrons. The number of carbonyl (C=O) groups is 1. The average molecular weight is 266 g/mol. The van der Waals surface area contributed by atoms with E-state index in [1.54, 1.807) is 19.3 Å². The van der Waals surface area contributed by atoms with Gasteiger partial charge < -0.3 is 14.4 Å². The fourth-order valence-electron chi connectivity index (χ4n) is 2.34. The monoisotopic (exact) mass is 266 g/mol. The van der Waals surface area contributed by atoms with Crippen LogP contribution in [0.3, 0.4) is 0 Å². The molecule has 2 heterocycles. The summed E-state index contributed by atoms with van der Waals surface area (Å²) < 4.78 is 5.17. The first kappa shape index (κ1) is 14.1. The second-order valence-electron chi connectivity index (χ2n) is 5.05. The highest BCUT2D eigenvalue weighted by atomic mass is 16.3. The summed E-state index contributed by atoms with van der Waals surface area (Å²) in [4.78, 5) is 16.3. The molecule has 1 atom stereocenters. The highest BCUT2D eigenvalue weighted by Gasteiger charge is 2.24. The molecule has 0 unspecified atom stereocenters. The van der Waals surface area contributed by atoms with Crippen LogP contribution >= 0.6 is 0 Å². The van der Waals surface area contributed by atoms with Crippen molar-refractivity contribution in [3.63, 3.8) is 0 Å². The summed E-state index contributed by atoms with van der Waals surface area (Å²) in [6, 6.07) is 1.73. The lowest BCUT2D eigenvalue weighted by Gasteiger charge is -2.35. The molecule has 1 saturated heterocycles. The van der Waals surface area contributed by atoms with Crippen molar-refractivity contribution in [3.05, 3.63) is 23.7 Å². The van der Waals surface area contributed by atoms with Crippen LogP contribution in [-0.4, -0.2) is 59.6 Å². The molecule has 5 nitrogen and oxygen atoms in total. The highest BCUT2D eigenvalue weighted by Crippen LogP contribution is 2.14. The van der Waals surface area contributed by atoms with Gasteiger partial charge in [0.05, 0.1) is 17.9 Å². The summed E-state index contributed by atoms with van der Waals surface area (Å²) in [5.74, 6) is 0.718. The van der Waals surface area contributed by atoms with Gasteiger partial charge in [0.1, 0.15) is 5.76 Å². The molecule has 0 aliphatic carbocycles. The summed E-state index contributed by atoms with van der Waals surface area (Å²) >= 11 is 0. The fourth-order valence-corrected chi connectivity index (χ4v) is 2.34. The second kappa shape index (κ2) is 6.21. The van der Waals surface area contributed by atoms with Gasteiger partial charge >= 0.3 is 0 Å². The zero-order chi connectivity index (χ0) is 13.8. The van der Waals surface area contributed by atoms with E-state index in [4.69, 9.17) is 4.42 Å². The molecule has 0 radical (unpaired) electrons. The number of aliphatic hydroxyl groups is 1. The Kier molecular flexibility index (Phi) is 4.61. The summed E-state index contributed by atoms with van der Waals surface area (Å²) in [6.07, 6.45) is 2.06. The smallest absolute Gasteiger partial charge is 0.257 e. The van der Waals surface area contributed by atoms with Crippen LogP contribution in [0.1, 0.15) is 29.5 Å². The van der Waals surface area contributed by atoms with Crippen LogP contribution in [0, 0.1) is 6.92 Å². The van der Waals surface area contributed by atoms with Gasteiger partial charge in [-0.15, -0.1) is 0 Å². The van der Waals surface area contributed by atoms with Crippen molar-refractivity contribution in [2.45, 2.75) is 26.4 Å². The van der Waals surface area contributed by atoms with Gasteiger partial charge in [0.15, 0.2) is 0 Å². The first-order valence-corrected chi connectivity index (χ1v) is 6.85. The number of aryl methyl sites for hydroxylation is 1. The van der Waals surface area contributed by atoms with E-state index in [2.05, 4.69) is 4.90 Å². The Morgan fingerprint density at radius 3 is 2.63 bits per heavy atom. The summed E-state index contributed by atoms with van der Waals surface area (Å²) in [6.45, 7) is 7.54. The zero-order valence-electron chi connectivity index (χ0n) is 11.6.